The summed E-state index contributed by atoms with van der Waals surface area (Å²) in [5, 5.41) is 11.6. The molecule has 0 atom stereocenters. The van der Waals surface area contributed by atoms with Crippen molar-refractivity contribution in [3.8, 4) is 0 Å². The average molecular weight is 335 g/mol. The van der Waals surface area contributed by atoms with Crippen LogP contribution < -0.4 is 11.1 Å². The van der Waals surface area contributed by atoms with Gasteiger partial charge in [-0.25, -0.2) is 4.79 Å². The Balaban J connectivity index is 2.28. The van der Waals surface area contributed by atoms with Crippen LogP contribution >= 0.6 is 15.9 Å². The monoisotopic (exact) mass is 334 g/mol. The Bertz CT molecular complexity index is 686. The number of para-hydroxylation sites is 1. The van der Waals surface area contributed by atoms with Gasteiger partial charge >= 0.3 is 5.97 Å². The van der Waals surface area contributed by atoms with Crippen LogP contribution in [-0.4, -0.2) is 17.0 Å². The van der Waals surface area contributed by atoms with Crippen molar-refractivity contribution in [3.63, 3.8) is 0 Å². The molecule has 0 unspecified atom stereocenters. The molecule has 4 N–H and O–H groups in total. The van der Waals surface area contributed by atoms with Gasteiger partial charge in [0.05, 0.1) is 11.1 Å². The maximum absolute atomic E-state index is 12.1. The summed E-state index contributed by atoms with van der Waals surface area (Å²) >= 11 is 3.20. The summed E-state index contributed by atoms with van der Waals surface area (Å²) in [7, 11) is 0. The summed E-state index contributed by atoms with van der Waals surface area (Å²) in [4.78, 5) is 23.0. The number of carbonyl (C=O) groups is 2. The van der Waals surface area contributed by atoms with Crippen LogP contribution in [-0.2, 0) is 0 Å². The van der Waals surface area contributed by atoms with Crippen molar-refractivity contribution in [3.05, 3.63) is 58.1 Å². The minimum Gasteiger partial charge on any atom is -0.478 e. The zero-order chi connectivity index (χ0) is 14.7. The number of halogens is 1. The van der Waals surface area contributed by atoms with E-state index in [1.807, 2.05) is 0 Å². The molecule has 0 saturated heterocycles. The lowest BCUT2D eigenvalue weighted by Crippen LogP contribution is -2.14. The Hall–Kier alpha value is -2.34. The summed E-state index contributed by atoms with van der Waals surface area (Å²) < 4.78 is 0.564. The zero-order valence-electron chi connectivity index (χ0n) is 10.3. The number of rotatable bonds is 3. The number of carboxylic acid groups (broad SMARTS) is 1. The van der Waals surface area contributed by atoms with Gasteiger partial charge in [0.25, 0.3) is 5.91 Å². The van der Waals surface area contributed by atoms with Gasteiger partial charge in [-0.1, -0.05) is 28.1 Å². The highest BCUT2D eigenvalue weighted by Gasteiger charge is 2.11. The molecule has 2 aromatic carbocycles. The Labute approximate surface area is 123 Å². The third kappa shape index (κ3) is 3.16. The second kappa shape index (κ2) is 5.75. The number of nitrogen functional groups attached to an aromatic ring is 1. The SMILES string of the molecule is Nc1ccccc1C(=O)Nc1cc(Br)cc(C(=O)O)c1. The quantitative estimate of drug-likeness (QED) is 0.752. The van der Waals surface area contributed by atoms with Gasteiger partial charge in [-0.15, -0.1) is 0 Å². The van der Waals surface area contributed by atoms with Gasteiger partial charge in [0.2, 0.25) is 0 Å². The number of carboxylic acids is 1. The summed E-state index contributed by atoms with van der Waals surface area (Å²) in [5.41, 5.74) is 6.87. The molecule has 0 aliphatic carbocycles. The lowest BCUT2D eigenvalue weighted by molar-refractivity contribution is 0.0696. The third-order valence-electron chi connectivity index (χ3n) is 2.61. The van der Waals surface area contributed by atoms with Crippen LogP contribution in [0.5, 0.6) is 0 Å². The number of hydrogen-bond acceptors (Lipinski definition) is 3. The lowest BCUT2D eigenvalue weighted by Gasteiger charge is -2.08. The Morgan fingerprint density at radius 3 is 2.50 bits per heavy atom. The van der Waals surface area contributed by atoms with E-state index in [1.165, 1.54) is 12.1 Å². The molecule has 0 aliphatic rings. The molecule has 0 saturated carbocycles. The van der Waals surface area contributed by atoms with E-state index < -0.39 is 11.9 Å². The molecule has 6 heteroatoms. The predicted molar refractivity (Wildman–Crippen MR) is 79.9 cm³/mol. The predicted octanol–water partition coefficient (Wildman–Crippen LogP) is 2.98. The van der Waals surface area contributed by atoms with Gasteiger partial charge in [0, 0.05) is 15.8 Å². The van der Waals surface area contributed by atoms with Crippen molar-refractivity contribution in [2.75, 3.05) is 11.1 Å². The van der Waals surface area contributed by atoms with Crippen LogP contribution in [0.4, 0.5) is 11.4 Å². The largest absolute Gasteiger partial charge is 0.478 e. The maximum Gasteiger partial charge on any atom is 0.335 e. The number of nitrogens with two attached hydrogens (primary N) is 1. The first-order valence-corrected chi connectivity index (χ1v) is 6.46. The maximum atomic E-state index is 12.1. The van der Waals surface area contributed by atoms with Crippen LogP contribution in [0.3, 0.4) is 0 Å². The fourth-order valence-electron chi connectivity index (χ4n) is 1.69. The molecule has 0 radical (unpaired) electrons. The topological polar surface area (TPSA) is 92.4 Å². The van der Waals surface area contributed by atoms with Gasteiger partial charge in [-0.3, -0.25) is 4.79 Å². The zero-order valence-corrected chi connectivity index (χ0v) is 11.8. The van der Waals surface area contributed by atoms with Gasteiger partial charge < -0.3 is 16.2 Å². The smallest absolute Gasteiger partial charge is 0.335 e. The van der Waals surface area contributed by atoms with Crippen LogP contribution in [0.15, 0.2) is 46.9 Å². The molecule has 0 aliphatic heterocycles. The fraction of sp³-hybridized carbons (Fsp3) is 0. The number of carbonyl (C=O) groups excluding carboxylic acids is 1. The molecule has 2 aromatic rings. The normalized spacial score (nSPS) is 10.1. The number of benzene rings is 2. The van der Waals surface area contributed by atoms with Gasteiger partial charge in [-0.2, -0.15) is 0 Å². The highest BCUT2D eigenvalue weighted by Crippen LogP contribution is 2.21. The number of aromatic carboxylic acids is 1. The lowest BCUT2D eigenvalue weighted by atomic mass is 10.1. The van der Waals surface area contributed by atoms with Crippen LogP contribution in [0.2, 0.25) is 0 Å². The molecular formula is C14H11BrN2O3. The molecule has 20 heavy (non-hydrogen) atoms. The van der Waals surface area contributed by atoms with Gasteiger partial charge in [-0.05, 0) is 30.3 Å². The van der Waals surface area contributed by atoms with Crippen molar-refractivity contribution in [2.45, 2.75) is 0 Å². The number of anilines is 2. The van der Waals surface area contributed by atoms with E-state index in [0.29, 0.717) is 21.4 Å². The first-order chi connectivity index (χ1) is 9.47. The Morgan fingerprint density at radius 1 is 1.15 bits per heavy atom. The second-order valence-electron chi connectivity index (χ2n) is 4.08. The molecule has 5 nitrogen and oxygen atoms in total. The summed E-state index contributed by atoms with van der Waals surface area (Å²) in [6.45, 7) is 0. The van der Waals surface area contributed by atoms with Crippen LogP contribution in [0.25, 0.3) is 0 Å². The number of hydrogen-bond donors (Lipinski definition) is 3. The van der Waals surface area contributed by atoms with Gasteiger partial charge in [0.15, 0.2) is 0 Å². The molecule has 102 valence electrons. The highest BCUT2D eigenvalue weighted by atomic mass is 79.9. The molecule has 0 aromatic heterocycles. The summed E-state index contributed by atoms with van der Waals surface area (Å²) in [6, 6.07) is 11.1. The molecule has 0 spiro atoms. The Kier molecular flexibility index (Phi) is 4.05. The molecule has 0 bridgehead atoms. The minimum atomic E-state index is -1.07. The van der Waals surface area contributed by atoms with E-state index in [2.05, 4.69) is 21.2 Å². The first kappa shape index (κ1) is 14.1. The average Bonchev–Trinajstić information content (AvgIpc) is 2.38. The summed E-state index contributed by atoms with van der Waals surface area (Å²) in [6.07, 6.45) is 0. The first-order valence-electron chi connectivity index (χ1n) is 5.67. The van der Waals surface area contributed by atoms with Crippen LogP contribution in [0.1, 0.15) is 20.7 Å². The standard InChI is InChI=1S/C14H11BrN2O3/c15-9-5-8(14(19)20)6-10(7-9)17-13(18)11-3-1-2-4-12(11)16/h1-7H,16H2,(H,17,18)(H,19,20). The van der Waals surface area contributed by atoms with E-state index >= 15 is 0 Å². The second-order valence-corrected chi connectivity index (χ2v) is 4.99. The van der Waals surface area contributed by atoms with E-state index in [4.69, 9.17) is 10.8 Å². The van der Waals surface area contributed by atoms with Gasteiger partial charge in [0.1, 0.15) is 0 Å². The molecule has 0 heterocycles. The Morgan fingerprint density at radius 2 is 1.85 bits per heavy atom. The van der Waals surface area contributed by atoms with Crippen LogP contribution in [0, 0.1) is 0 Å². The highest BCUT2D eigenvalue weighted by molar-refractivity contribution is 9.10. The van der Waals surface area contributed by atoms with E-state index in [9.17, 15) is 9.59 Å². The fourth-order valence-corrected chi connectivity index (χ4v) is 2.18. The molecule has 1 amide bonds. The van der Waals surface area contributed by atoms with Crippen molar-refractivity contribution >= 4 is 39.2 Å². The van der Waals surface area contributed by atoms with Crippen molar-refractivity contribution < 1.29 is 14.7 Å². The number of nitrogens with one attached hydrogen (secondary N) is 1. The minimum absolute atomic E-state index is 0.0794. The third-order valence-corrected chi connectivity index (χ3v) is 3.07. The van der Waals surface area contributed by atoms with Crippen molar-refractivity contribution in [2.24, 2.45) is 0 Å². The van der Waals surface area contributed by atoms with Crippen molar-refractivity contribution in [1.29, 1.82) is 0 Å². The van der Waals surface area contributed by atoms with E-state index in [0.717, 1.165) is 0 Å². The molecule has 2 rings (SSSR count). The molecular weight excluding hydrogens is 324 g/mol. The van der Waals surface area contributed by atoms with E-state index in [1.54, 1.807) is 30.3 Å². The molecule has 0 fully saturated rings. The summed E-state index contributed by atoms with van der Waals surface area (Å²) in [5.74, 6) is -1.46. The van der Waals surface area contributed by atoms with Crippen molar-refractivity contribution in [1.82, 2.24) is 0 Å². The van der Waals surface area contributed by atoms with E-state index in [-0.39, 0.29) is 5.56 Å². The number of amides is 1.